The van der Waals surface area contributed by atoms with E-state index in [2.05, 4.69) is 10.3 Å². The second-order valence-corrected chi connectivity index (χ2v) is 4.88. The van der Waals surface area contributed by atoms with Crippen molar-refractivity contribution in [3.63, 3.8) is 0 Å². The molecule has 0 saturated heterocycles. The number of carbonyl (C=O) groups excluding carboxylic acids is 1. The third-order valence-electron chi connectivity index (χ3n) is 3.08. The number of halogens is 1. The molecule has 3 rings (SSSR count). The van der Waals surface area contributed by atoms with E-state index in [1.54, 1.807) is 0 Å². The normalized spacial score (nSPS) is 10.4. The zero-order chi connectivity index (χ0) is 15.4. The Kier molecular flexibility index (Phi) is 4.21. The summed E-state index contributed by atoms with van der Waals surface area (Å²) in [5, 5.41) is 2.54. The van der Waals surface area contributed by atoms with E-state index in [-0.39, 0.29) is 17.8 Å². The van der Waals surface area contributed by atoms with Crippen molar-refractivity contribution in [3.8, 4) is 22.6 Å². The van der Waals surface area contributed by atoms with Crippen LogP contribution in [0, 0.1) is 0 Å². The van der Waals surface area contributed by atoms with Gasteiger partial charge in [-0.1, -0.05) is 60.7 Å². The van der Waals surface area contributed by atoms with E-state index < -0.39 is 0 Å². The van der Waals surface area contributed by atoms with Crippen LogP contribution in [0.15, 0.2) is 65.1 Å². The lowest BCUT2D eigenvalue weighted by molar-refractivity contribution is -0.114. The molecule has 3 aromatic rings. The molecule has 110 valence electrons. The molecule has 0 radical (unpaired) electrons. The van der Waals surface area contributed by atoms with Crippen molar-refractivity contribution in [3.05, 3.63) is 60.7 Å². The van der Waals surface area contributed by atoms with Crippen LogP contribution in [0.2, 0.25) is 0 Å². The third-order valence-corrected chi connectivity index (χ3v) is 3.32. The van der Waals surface area contributed by atoms with Gasteiger partial charge in [-0.15, -0.1) is 11.6 Å². The molecule has 0 aliphatic rings. The average Bonchev–Trinajstić information content (AvgIpc) is 3.00. The van der Waals surface area contributed by atoms with E-state index in [0.717, 1.165) is 11.1 Å². The molecule has 0 aliphatic heterocycles. The van der Waals surface area contributed by atoms with E-state index in [0.29, 0.717) is 11.5 Å². The Hall–Kier alpha value is -2.59. The van der Waals surface area contributed by atoms with Gasteiger partial charge in [0, 0.05) is 11.1 Å². The first kappa shape index (κ1) is 14.4. The number of anilines is 1. The van der Waals surface area contributed by atoms with Crippen molar-refractivity contribution in [1.82, 2.24) is 4.98 Å². The van der Waals surface area contributed by atoms with Crippen molar-refractivity contribution >= 4 is 23.5 Å². The standard InChI is InChI=1S/C17H13ClN2O2/c18-11-14(21)19-17-20-15(12-7-3-1-4-8-12)16(22-17)13-9-5-2-6-10-13/h1-10H,11H2,(H,19,20,21). The largest absolute Gasteiger partial charge is 0.423 e. The molecule has 0 spiro atoms. The van der Waals surface area contributed by atoms with Gasteiger partial charge < -0.3 is 4.42 Å². The van der Waals surface area contributed by atoms with Crippen molar-refractivity contribution in [2.75, 3.05) is 11.2 Å². The second-order valence-electron chi connectivity index (χ2n) is 4.61. The molecule has 1 aromatic heterocycles. The Morgan fingerprint density at radius 3 is 2.18 bits per heavy atom. The van der Waals surface area contributed by atoms with Crippen LogP contribution < -0.4 is 5.32 Å². The molecule has 22 heavy (non-hydrogen) atoms. The highest BCUT2D eigenvalue weighted by atomic mass is 35.5. The molecule has 0 bridgehead atoms. The van der Waals surface area contributed by atoms with Crippen molar-refractivity contribution < 1.29 is 9.21 Å². The minimum Gasteiger partial charge on any atom is -0.423 e. The molecular formula is C17H13ClN2O2. The third kappa shape index (κ3) is 3.02. The fourth-order valence-electron chi connectivity index (χ4n) is 2.10. The minimum atomic E-state index is -0.359. The van der Waals surface area contributed by atoms with Crippen LogP contribution >= 0.6 is 11.6 Å². The number of benzene rings is 2. The maximum absolute atomic E-state index is 11.4. The molecule has 0 fully saturated rings. The van der Waals surface area contributed by atoms with Gasteiger partial charge in [0.05, 0.1) is 0 Å². The van der Waals surface area contributed by atoms with Gasteiger partial charge >= 0.3 is 6.01 Å². The van der Waals surface area contributed by atoms with E-state index >= 15 is 0 Å². The van der Waals surface area contributed by atoms with E-state index in [9.17, 15) is 4.79 Å². The predicted octanol–water partition coefficient (Wildman–Crippen LogP) is 4.19. The number of aromatic nitrogens is 1. The van der Waals surface area contributed by atoms with Crippen LogP contribution in [0.4, 0.5) is 6.01 Å². The van der Waals surface area contributed by atoms with Crippen LogP contribution in [0.5, 0.6) is 0 Å². The topological polar surface area (TPSA) is 55.1 Å². The Balaban J connectivity index is 2.08. The lowest BCUT2D eigenvalue weighted by atomic mass is 10.1. The Bertz CT molecular complexity index is 713. The molecule has 0 unspecified atom stereocenters. The van der Waals surface area contributed by atoms with Gasteiger partial charge in [0.15, 0.2) is 5.76 Å². The molecule has 1 heterocycles. The van der Waals surface area contributed by atoms with E-state index in [4.69, 9.17) is 16.0 Å². The number of oxazole rings is 1. The van der Waals surface area contributed by atoms with Crippen LogP contribution in [0.25, 0.3) is 22.6 Å². The van der Waals surface area contributed by atoms with Crippen molar-refractivity contribution in [2.24, 2.45) is 0 Å². The molecule has 1 N–H and O–H groups in total. The monoisotopic (exact) mass is 312 g/mol. The first-order valence-electron chi connectivity index (χ1n) is 6.75. The van der Waals surface area contributed by atoms with E-state index in [1.807, 2.05) is 60.7 Å². The highest BCUT2D eigenvalue weighted by molar-refractivity contribution is 6.28. The van der Waals surface area contributed by atoms with Crippen LogP contribution in [-0.4, -0.2) is 16.8 Å². The lowest BCUT2D eigenvalue weighted by Gasteiger charge is -2.00. The summed E-state index contributed by atoms with van der Waals surface area (Å²) in [5.41, 5.74) is 2.48. The molecule has 0 aliphatic carbocycles. The van der Waals surface area contributed by atoms with Gasteiger partial charge in [0.1, 0.15) is 11.6 Å². The van der Waals surface area contributed by atoms with Crippen molar-refractivity contribution in [2.45, 2.75) is 0 Å². The summed E-state index contributed by atoms with van der Waals surface area (Å²) in [6.07, 6.45) is 0. The first-order chi connectivity index (χ1) is 10.8. The summed E-state index contributed by atoms with van der Waals surface area (Å²) in [4.78, 5) is 15.8. The zero-order valence-corrected chi connectivity index (χ0v) is 12.4. The van der Waals surface area contributed by atoms with Gasteiger partial charge in [-0.3, -0.25) is 10.1 Å². The number of nitrogens with one attached hydrogen (secondary N) is 1. The first-order valence-corrected chi connectivity index (χ1v) is 7.29. The molecule has 0 atom stereocenters. The molecule has 5 heteroatoms. The predicted molar refractivity (Wildman–Crippen MR) is 86.7 cm³/mol. The maximum Gasteiger partial charge on any atom is 0.302 e. The SMILES string of the molecule is O=C(CCl)Nc1nc(-c2ccccc2)c(-c2ccccc2)o1. The highest BCUT2D eigenvalue weighted by Gasteiger charge is 2.17. The average molecular weight is 313 g/mol. The summed E-state index contributed by atoms with van der Waals surface area (Å²) in [5.74, 6) is 0.0998. The summed E-state index contributed by atoms with van der Waals surface area (Å²) >= 11 is 5.50. The Labute approximate surface area is 132 Å². The van der Waals surface area contributed by atoms with Gasteiger partial charge in [-0.2, -0.15) is 4.98 Å². The lowest BCUT2D eigenvalue weighted by Crippen LogP contribution is -2.12. The van der Waals surface area contributed by atoms with Crippen LogP contribution in [0.1, 0.15) is 0 Å². The Morgan fingerprint density at radius 1 is 1.00 bits per heavy atom. The molecule has 4 nitrogen and oxygen atoms in total. The summed E-state index contributed by atoms with van der Waals surface area (Å²) in [6, 6.07) is 19.4. The molecule has 2 aromatic carbocycles. The van der Waals surface area contributed by atoms with Gasteiger partial charge in [0.25, 0.3) is 0 Å². The number of nitrogens with zero attached hydrogens (tertiary/aromatic N) is 1. The second kappa shape index (κ2) is 6.45. The van der Waals surface area contributed by atoms with Gasteiger partial charge in [-0.25, -0.2) is 0 Å². The van der Waals surface area contributed by atoms with Gasteiger partial charge in [0.2, 0.25) is 5.91 Å². The van der Waals surface area contributed by atoms with Gasteiger partial charge in [-0.05, 0) is 0 Å². The summed E-state index contributed by atoms with van der Waals surface area (Å²) in [7, 11) is 0. The number of hydrogen-bond acceptors (Lipinski definition) is 3. The molecular weight excluding hydrogens is 300 g/mol. The molecule has 0 saturated carbocycles. The number of rotatable bonds is 4. The van der Waals surface area contributed by atoms with Crippen molar-refractivity contribution in [1.29, 1.82) is 0 Å². The zero-order valence-electron chi connectivity index (χ0n) is 11.6. The maximum atomic E-state index is 11.4. The van der Waals surface area contributed by atoms with E-state index in [1.165, 1.54) is 0 Å². The number of amides is 1. The number of alkyl halides is 1. The smallest absolute Gasteiger partial charge is 0.302 e. The van der Waals surface area contributed by atoms with Crippen LogP contribution in [-0.2, 0) is 4.79 Å². The number of hydrogen-bond donors (Lipinski definition) is 1. The fourth-order valence-corrected chi connectivity index (χ4v) is 2.17. The summed E-state index contributed by atoms with van der Waals surface area (Å²) < 4.78 is 5.73. The molecule has 1 amide bonds. The quantitative estimate of drug-likeness (QED) is 0.735. The number of carbonyl (C=O) groups is 1. The highest BCUT2D eigenvalue weighted by Crippen LogP contribution is 2.34. The fraction of sp³-hybridized carbons (Fsp3) is 0.0588. The van der Waals surface area contributed by atoms with Crippen LogP contribution in [0.3, 0.4) is 0 Å². The summed E-state index contributed by atoms with van der Waals surface area (Å²) in [6.45, 7) is 0. The minimum absolute atomic E-state index is 0.142. The Morgan fingerprint density at radius 2 is 1.59 bits per heavy atom.